The van der Waals surface area contributed by atoms with Gasteiger partial charge < -0.3 is 14.6 Å². The van der Waals surface area contributed by atoms with E-state index in [0.29, 0.717) is 23.8 Å². The van der Waals surface area contributed by atoms with Gasteiger partial charge in [-0.1, -0.05) is 18.2 Å². The highest BCUT2D eigenvalue weighted by atomic mass is 16.5. The maximum atomic E-state index is 8.99. The van der Waals surface area contributed by atoms with Crippen LogP contribution >= 0.6 is 0 Å². The molecule has 2 rings (SSSR count). The molecule has 0 amide bonds. The molecule has 0 aliphatic rings. The average molecular weight is 245 g/mol. The molecule has 4 heteroatoms. The Morgan fingerprint density at radius 1 is 1.17 bits per heavy atom. The van der Waals surface area contributed by atoms with Crippen molar-refractivity contribution in [2.75, 3.05) is 13.7 Å². The molecule has 0 aliphatic heterocycles. The van der Waals surface area contributed by atoms with Gasteiger partial charge in [0.2, 0.25) is 5.88 Å². The summed E-state index contributed by atoms with van der Waals surface area (Å²) in [6.07, 6.45) is 2.16. The summed E-state index contributed by atoms with van der Waals surface area (Å²) < 4.78 is 10.7. The molecule has 0 unspecified atom stereocenters. The molecule has 0 saturated heterocycles. The summed E-state index contributed by atoms with van der Waals surface area (Å²) in [6.45, 7) is 0.0937. The first-order valence-corrected chi connectivity index (χ1v) is 5.70. The Morgan fingerprint density at radius 2 is 2.00 bits per heavy atom. The van der Waals surface area contributed by atoms with Crippen molar-refractivity contribution < 1.29 is 14.6 Å². The first kappa shape index (κ1) is 12.4. The molecular formula is C14H15NO3. The summed E-state index contributed by atoms with van der Waals surface area (Å²) in [5.41, 5.74) is 0.956. The largest absolute Gasteiger partial charge is 0.495 e. The van der Waals surface area contributed by atoms with Crippen molar-refractivity contribution in [2.24, 2.45) is 0 Å². The van der Waals surface area contributed by atoms with Crippen LogP contribution in [-0.2, 0) is 6.42 Å². The van der Waals surface area contributed by atoms with Crippen molar-refractivity contribution in [3.63, 3.8) is 0 Å². The third-order valence-corrected chi connectivity index (χ3v) is 2.51. The number of para-hydroxylation sites is 1. The van der Waals surface area contributed by atoms with E-state index in [-0.39, 0.29) is 6.61 Å². The average Bonchev–Trinajstić information content (AvgIpc) is 2.42. The maximum absolute atomic E-state index is 8.99. The summed E-state index contributed by atoms with van der Waals surface area (Å²) in [6, 6.07) is 11.1. The quantitative estimate of drug-likeness (QED) is 0.879. The van der Waals surface area contributed by atoms with Gasteiger partial charge in [0, 0.05) is 12.7 Å². The van der Waals surface area contributed by atoms with Crippen LogP contribution in [0.1, 0.15) is 5.56 Å². The zero-order chi connectivity index (χ0) is 12.8. The van der Waals surface area contributed by atoms with Crippen molar-refractivity contribution >= 4 is 0 Å². The Labute approximate surface area is 106 Å². The van der Waals surface area contributed by atoms with Crippen LogP contribution in [0.3, 0.4) is 0 Å². The number of pyridine rings is 1. The van der Waals surface area contributed by atoms with E-state index in [1.165, 1.54) is 0 Å². The van der Waals surface area contributed by atoms with Gasteiger partial charge in [-0.25, -0.2) is 4.98 Å². The molecule has 0 aliphatic carbocycles. The first-order valence-electron chi connectivity index (χ1n) is 5.70. The normalized spacial score (nSPS) is 10.1. The summed E-state index contributed by atoms with van der Waals surface area (Å²) in [5.74, 6) is 1.90. The molecule has 1 aromatic heterocycles. The molecule has 18 heavy (non-hydrogen) atoms. The topological polar surface area (TPSA) is 51.6 Å². The molecule has 1 N–H and O–H groups in total. The number of methoxy groups -OCH3 is 1. The second-order valence-electron chi connectivity index (χ2n) is 3.72. The number of hydrogen-bond donors (Lipinski definition) is 1. The molecule has 0 spiro atoms. The van der Waals surface area contributed by atoms with Gasteiger partial charge >= 0.3 is 0 Å². The van der Waals surface area contributed by atoms with Gasteiger partial charge in [0.25, 0.3) is 0 Å². The van der Waals surface area contributed by atoms with Crippen molar-refractivity contribution in [1.82, 2.24) is 4.98 Å². The molecular weight excluding hydrogens is 230 g/mol. The summed E-state index contributed by atoms with van der Waals surface area (Å²) in [5, 5.41) is 8.99. The Balaban J connectivity index is 2.17. The molecule has 0 atom stereocenters. The molecule has 2 aromatic rings. The molecule has 0 saturated carbocycles. The summed E-state index contributed by atoms with van der Waals surface area (Å²) in [4.78, 5) is 4.14. The fourth-order valence-electron chi connectivity index (χ4n) is 1.59. The van der Waals surface area contributed by atoms with Gasteiger partial charge in [-0.15, -0.1) is 0 Å². The Hall–Kier alpha value is -2.07. The van der Waals surface area contributed by atoms with Crippen molar-refractivity contribution in [3.05, 3.63) is 48.2 Å². The zero-order valence-corrected chi connectivity index (χ0v) is 10.2. The summed E-state index contributed by atoms with van der Waals surface area (Å²) in [7, 11) is 1.59. The molecule has 0 bridgehead atoms. The predicted molar refractivity (Wildman–Crippen MR) is 68.1 cm³/mol. The van der Waals surface area contributed by atoms with Gasteiger partial charge in [-0.2, -0.15) is 0 Å². The van der Waals surface area contributed by atoms with E-state index in [4.69, 9.17) is 14.6 Å². The van der Waals surface area contributed by atoms with Crippen molar-refractivity contribution in [1.29, 1.82) is 0 Å². The lowest BCUT2D eigenvalue weighted by molar-refractivity contribution is 0.297. The second-order valence-corrected chi connectivity index (χ2v) is 3.72. The Bertz CT molecular complexity index is 497. The molecule has 94 valence electrons. The molecule has 0 radical (unpaired) electrons. The lowest BCUT2D eigenvalue weighted by atomic mass is 10.1. The van der Waals surface area contributed by atoms with Crippen LogP contribution in [0.4, 0.5) is 0 Å². The van der Waals surface area contributed by atoms with Crippen LogP contribution < -0.4 is 9.47 Å². The third kappa shape index (κ3) is 2.99. The van der Waals surface area contributed by atoms with E-state index in [1.54, 1.807) is 25.4 Å². The van der Waals surface area contributed by atoms with Crippen LogP contribution in [0.5, 0.6) is 17.4 Å². The van der Waals surface area contributed by atoms with Gasteiger partial charge in [0.05, 0.1) is 13.3 Å². The Morgan fingerprint density at radius 3 is 2.67 bits per heavy atom. The smallest absolute Gasteiger partial charge is 0.219 e. The molecule has 1 aromatic carbocycles. The van der Waals surface area contributed by atoms with E-state index in [1.807, 2.05) is 24.3 Å². The molecule has 1 heterocycles. The number of ether oxygens (including phenoxy) is 2. The number of nitrogens with zero attached hydrogens (tertiary/aromatic N) is 1. The number of benzene rings is 1. The number of aliphatic hydroxyl groups is 1. The number of aliphatic hydroxyl groups excluding tert-OH is 1. The lowest BCUT2D eigenvalue weighted by Gasteiger charge is -2.09. The Kier molecular flexibility index (Phi) is 4.15. The lowest BCUT2D eigenvalue weighted by Crippen LogP contribution is -1.96. The van der Waals surface area contributed by atoms with Crippen molar-refractivity contribution in [2.45, 2.75) is 6.42 Å². The third-order valence-electron chi connectivity index (χ3n) is 2.51. The van der Waals surface area contributed by atoms with E-state index in [2.05, 4.69) is 4.98 Å². The predicted octanol–water partition coefficient (Wildman–Crippen LogP) is 2.42. The number of rotatable bonds is 5. The highest BCUT2D eigenvalue weighted by Crippen LogP contribution is 2.25. The SMILES string of the molecule is COc1ccc(Oc2ccccc2CCO)nc1. The fraction of sp³-hybridized carbons (Fsp3) is 0.214. The number of hydrogen-bond acceptors (Lipinski definition) is 4. The fourth-order valence-corrected chi connectivity index (χ4v) is 1.59. The minimum absolute atomic E-state index is 0.0937. The second kappa shape index (κ2) is 6.02. The minimum atomic E-state index is 0.0937. The van der Waals surface area contributed by atoms with Gasteiger partial charge in [-0.05, 0) is 24.1 Å². The van der Waals surface area contributed by atoms with E-state index in [9.17, 15) is 0 Å². The zero-order valence-electron chi connectivity index (χ0n) is 10.2. The van der Waals surface area contributed by atoms with Crippen LogP contribution in [0.2, 0.25) is 0 Å². The summed E-state index contributed by atoms with van der Waals surface area (Å²) >= 11 is 0. The van der Waals surface area contributed by atoms with E-state index < -0.39 is 0 Å². The number of aromatic nitrogens is 1. The van der Waals surface area contributed by atoms with Crippen LogP contribution in [0.15, 0.2) is 42.6 Å². The van der Waals surface area contributed by atoms with E-state index in [0.717, 1.165) is 5.56 Å². The maximum Gasteiger partial charge on any atom is 0.219 e. The molecule has 0 fully saturated rings. The van der Waals surface area contributed by atoms with Gasteiger partial charge in [0.1, 0.15) is 11.5 Å². The monoisotopic (exact) mass is 245 g/mol. The van der Waals surface area contributed by atoms with Crippen LogP contribution in [0.25, 0.3) is 0 Å². The molecule has 4 nitrogen and oxygen atoms in total. The van der Waals surface area contributed by atoms with Gasteiger partial charge in [-0.3, -0.25) is 0 Å². The highest BCUT2D eigenvalue weighted by Gasteiger charge is 2.04. The van der Waals surface area contributed by atoms with Crippen LogP contribution in [0, 0.1) is 0 Å². The van der Waals surface area contributed by atoms with Gasteiger partial charge in [0.15, 0.2) is 0 Å². The standard InChI is InChI=1S/C14H15NO3/c1-17-12-6-7-14(15-10-12)18-13-5-3-2-4-11(13)8-9-16/h2-7,10,16H,8-9H2,1H3. The first-order chi connectivity index (χ1) is 8.83. The highest BCUT2D eigenvalue weighted by molar-refractivity contribution is 5.36. The van der Waals surface area contributed by atoms with Crippen LogP contribution in [-0.4, -0.2) is 23.8 Å². The van der Waals surface area contributed by atoms with E-state index >= 15 is 0 Å². The minimum Gasteiger partial charge on any atom is -0.495 e. The van der Waals surface area contributed by atoms with Crippen molar-refractivity contribution in [3.8, 4) is 17.4 Å².